The number of piperidine rings is 2. The molecule has 1 aromatic rings. The Morgan fingerprint density at radius 3 is 2.71 bits per heavy atom. The van der Waals surface area contributed by atoms with Crippen LogP contribution in [0.2, 0.25) is 0 Å². The summed E-state index contributed by atoms with van der Waals surface area (Å²) in [7, 11) is 1.61. The minimum Gasteiger partial charge on any atom is -0.480 e. The summed E-state index contributed by atoms with van der Waals surface area (Å²) in [6, 6.07) is 2.33. The van der Waals surface area contributed by atoms with Crippen LogP contribution in [0.25, 0.3) is 0 Å². The Bertz CT molecular complexity index is 401. The van der Waals surface area contributed by atoms with Gasteiger partial charge in [-0.3, -0.25) is 0 Å². The van der Waals surface area contributed by atoms with E-state index in [0.717, 1.165) is 24.7 Å². The largest absolute Gasteiger partial charge is 0.480 e. The predicted octanol–water partition coefficient (Wildman–Crippen LogP) is 0.515. The number of nitrogens with zero attached hydrogens (tertiary/aromatic N) is 3. The van der Waals surface area contributed by atoms with Gasteiger partial charge in [0.05, 0.1) is 19.0 Å². The number of rotatable bonds is 2. The second-order valence-corrected chi connectivity index (χ2v) is 5.13. The zero-order chi connectivity index (χ0) is 12.0. The molecule has 3 heterocycles. The molecule has 0 radical (unpaired) electrons. The lowest BCUT2D eigenvalue weighted by atomic mass is 9.59. The summed E-state index contributed by atoms with van der Waals surface area (Å²) in [5.74, 6) is 2.57. The van der Waals surface area contributed by atoms with E-state index in [4.69, 9.17) is 10.5 Å². The Balaban J connectivity index is 1.78. The first-order valence-corrected chi connectivity index (χ1v) is 6.08. The lowest BCUT2D eigenvalue weighted by Gasteiger charge is -2.57. The first-order valence-electron chi connectivity index (χ1n) is 6.08. The van der Waals surface area contributed by atoms with Crippen molar-refractivity contribution in [1.29, 1.82) is 0 Å². The topological polar surface area (TPSA) is 64.3 Å². The van der Waals surface area contributed by atoms with E-state index in [1.54, 1.807) is 13.3 Å². The third-order valence-corrected chi connectivity index (χ3v) is 4.39. The average molecular weight is 234 g/mol. The fourth-order valence-electron chi connectivity index (χ4n) is 3.17. The quantitative estimate of drug-likeness (QED) is 0.808. The SMILES string of the molecule is COc1cc(N2C[C@@H]3C(C)[C@H](C2)C3N)cnn1. The molecule has 1 saturated carbocycles. The van der Waals surface area contributed by atoms with Crippen molar-refractivity contribution in [2.45, 2.75) is 13.0 Å². The fourth-order valence-corrected chi connectivity index (χ4v) is 3.17. The maximum atomic E-state index is 6.14. The molecule has 17 heavy (non-hydrogen) atoms. The molecule has 5 heteroatoms. The standard InChI is InChI=1S/C12H18N4O/c1-7-9-5-16(6-10(7)12(9)13)8-3-11(17-2)15-14-4-8/h3-4,7,9-10,12H,5-6,13H2,1-2H3/t7?,9-,10+,12?. The highest BCUT2D eigenvalue weighted by atomic mass is 16.5. The second-order valence-electron chi connectivity index (χ2n) is 5.13. The number of ether oxygens (including phenoxy) is 1. The molecule has 1 aromatic heterocycles. The number of anilines is 1. The summed E-state index contributed by atoms with van der Waals surface area (Å²) in [5, 5.41) is 7.85. The number of methoxy groups -OCH3 is 1. The van der Waals surface area contributed by atoms with E-state index in [-0.39, 0.29) is 0 Å². The molecule has 3 aliphatic rings. The van der Waals surface area contributed by atoms with Crippen molar-refractivity contribution in [2.75, 3.05) is 25.1 Å². The molecule has 4 rings (SSSR count). The summed E-state index contributed by atoms with van der Waals surface area (Å²) in [6.45, 7) is 4.35. The summed E-state index contributed by atoms with van der Waals surface area (Å²) in [4.78, 5) is 2.34. The van der Waals surface area contributed by atoms with Gasteiger partial charge in [0.2, 0.25) is 5.88 Å². The Kier molecular flexibility index (Phi) is 2.43. The summed E-state index contributed by atoms with van der Waals surface area (Å²) >= 11 is 0. The Hall–Kier alpha value is -1.36. The Morgan fingerprint density at radius 1 is 1.41 bits per heavy atom. The molecular formula is C12H18N4O. The van der Waals surface area contributed by atoms with Gasteiger partial charge < -0.3 is 15.4 Å². The molecule has 2 unspecified atom stereocenters. The molecule has 0 aromatic carbocycles. The second kappa shape index (κ2) is 3.84. The van der Waals surface area contributed by atoms with Crippen LogP contribution in [0.15, 0.2) is 12.3 Å². The first kappa shape index (κ1) is 10.8. The smallest absolute Gasteiger partial charge is 0.235 e. The third-order valence-electron chi connectivity index (χ3n) is 4.39. The van der Waals surface area contributed by atoms with E-state index in [9.17, 15) is 0 Å². The van der Waals surface area contributed by atoms with Gasteiger partial charge in [0.25, 0.3) is 0 Å². The van der Waals surface area contributed by atoms with Crippen LogP contribution in [0.1, 0.15) is 6.92 Å². The van der Waals surface area contributed by atoms with Gasteiger partial charge in [-0.1, -0.05) is 6.92 Å². The maximum absolute atomic E-state index is 6.14. The van der Waals surface area contributed by atoms with Crippen LogP contribution < -0.4 is 15.4 Å². The van der Waals surface area contributed by atoms with Gasteiger partial charge in [-0.2, -0.15) is 5.10 Å². The molecule has 0 amide bonds. The Labute approximate surface area is 101 Å². The van der Waals surface area contributed by atoms with Crippen molar-refractivity contribution >= 4 is 5.69 Å². The van der Waals surface area contributed by atoms with Gasteiger partial charge in [-0.05, 0) is 17.8 Å². The predicted molar refractivity (Wildman–Crippen MR) is 64.9 cm³/mol. The van der Waals surface area contributed by atoms with Crippen LogP contribution in [-0.2, 0) is 0 Å². The number of hydrogen-bond acceptors (Lipinski definition) is 5. The average Bonchev–Trinajstić information content (AvgIpc) is 2.40. The van der Waals surface area contributed by atoms with E-state index < -0.39 is 0 Å². The lowest BCUT2D eigenvalue weighted by Crippen LogP contribution is -2.67. The van der Waals surface area contributed by atoms with Crippen molar-refractivity contribution in [1.82, 2.24) is 10.2 Å². The highest BCUT2D eigenvalue weighted by Crippen LogP contribution is 2.45. The molecule has 2 aliphatic heterocycles. The normalized spacial score (nSPS) is 35.4. The van der Waals surface area contributed by atoms with Gasteiger partial charge in [-0.15, -0.1) is 5.10 Å². The summed E-state index contributed by atoms with van der Waals surface area (Å²) in [6.07, 6.45) is 1.80. The molecule has 2 N–H and O–H groups in total. The highest BCUT2D eigenvalue weighted by Gasteiger charge is 2.50. The summed E-state index contributed by atoms with van der Waals surface area (Å²) < 4.78 is 5.10. The minimum absolute atomic E-state index is 0.387. The Morgan fingerprint density at radius 2 is 2.12 bits per heavy atom. The zero-order valence-corrected chi connectivity index (χ0v) is 10.2. The van der Waals surface area contributed by atoms with Gasteiger partial charge in [0.15, 0.2) is 0 Å². The lowest BCUT2D eigenvalue weighted by molar-refractivity contribution is 0.0296. The molecule has 0 spiro atoms. The van der Waals surface area contributed by atoms with Gasteiger partial charge >= 0.3 is 0 Å². The van der Waals surface area contributed by atoms with Crippen LogP contribution >= 0.6 is 0 Å². The highest BCUT2D eigenvalue weighted by molar-refractivity contribution is 5.48. The fraction of sp³-hybridized carbons (Fsp3) is 0.667. The maximum Gasteiger partial charge on any atom is 0.235 e. The van der Waals surface area contributed by atoms with Crippen LogP contribution in [-0.4, -0.2) is 36.4 Å². The zero-order valence-electron chi connectivity index (χ0n) is 10.2. The monoisotopic (exact) mass is 234 g/mol. The van der Waals surface area contributed by atoms with Crippen molar-refractivity contribution in [3.8, 4) is 5.88 Å². The van der Waals surface area contributed by atoms with Gasteiger partial charge in [0.1, 0.15) is 0 Å². The van der Waals surface area contributed by atoms with Crippen molar-refractivity contribution in [2.24, 2.45) is 23.5 Å². The first-order chi connectivity index (χ1) is 8.20. The van der Waals surface area contributed by atoms with E-state index in [1.807, 2.05) is 6.07 Å². The van der Waals surface area contributed by atoms with E-state index in [2.05, 4.69) is 22.0 Å². The molecule has 3 fully saturated rings. The molecule has 92 valence electrons. The van der Waals surface area contributed by atoms with Crippen molar-refractivity contribution in [3.05, 3.63) is 12.3 Å². The third kappa shape index (κ3) is 1.57. The van der Waals surface area contributed by atoms with Gasteiger partial charge in [0, 0.05) is 25.2 Å². The molecule has 2 bridgehead atoms. The van der Waals surface area contributed by atoms with E-state index in [0.29, 0.717) is 23.8 Å². The molecule has 1 aliphatic carbocycles. The molecule has 4 atom stereocenters. The number of nitrogens with two attached hydrogens (primary N) is 1. The molecule has 5 nitrogen and oxygen atoms in total. The van der Waals surface area contributed by atoms with Gasteiger partial charge in [-0.25, -0.2) is 0 Å². The van der Waals surface area contributed by atoms with Crippen molar-refractivity contribution in [3.63, 3.8) is 0 Å². The van der Waals surface area contributed by atoms with E-state index in [1.165, 1.54) is 0 Å². The summed E-state index contributed by atoms with van der Waals surface area (Å²) in [5.41, 5.74) is 7.22. The van der Waals surface area contributed by atoms with E-state index >= 15 is 0 Å². The van der Waals surface area contributed by atoms with Crippen LogP contribution in [0, 0.1) is 17.8 Å². The molecular weight excluding hydrogens is 216 g/mol. The van der Waals surface area contributed by atoms with Crippen LogP contribution in [0.4, 0.5) is 5.69 Å². The minimum atomic E-state index is 0.387. The molecule has 2 saturated heterocycles. The van der Waals surface area contributed by atoms with Crippen LogP contribution in [0.5, 0.6) is 5.88 Å². The number of aromatic nitrogens is 2. The van der Waals surface area contributed by atoms with Crippen LogP contribution in [0.3, 0.4) is 0 Å². The number of hydrogen-bond donors (Lipinski definition) is 1. The number of fused-ring (bicyclic) bond motifs is 2. The van der Waals surface area contributed by atoms with Crippen molar-refractivity contribution < 1.29 is 4.74 Å².